The number of carbonyl (C=O) groups is 2. The van der Waals surface area contributed by atoms with Crippen LogP contribution < -0.4 is 4.74 Å². The number of carbonyl (C=O) groups excluding carboxylic acids is 1. The second-order valence-corrected chi connectivity index (χ2v) is 12.1. The maximum atomic E-state index is 12.4. The fourth-order valence-electron chi connectivity index (χ4n) is 8.75. The molecule has 1 aromatic rings. The van der Waals surface area contributed by atoms with Gasteiger partial charge >= 0.3 is 5.97 Å². The predicted molar refractivity (Wildman–Crippen MR) is 130 cm³/mol. The second-order valence-electron chi connectivity index (χ2n) is 12.1. The number of aliphatic carboxylic acids is 1. The molecule has 2 N–H and O–H groups in total. The number of rotatable bonds is 6. The van der Waals surface area contributed by atoms with E-state index in [2.05, 4.69) is 26.0 Å². The topological polar surface area (TPSA) is 83.8 Å². The zero-order chi connectivity index (χ0) is 24.1. The number of aliphatic hydroxyl groups is 1. The van der Waals surface area contributed by atoms with Gasteiger partial charge in [-0.05, 0) is 103 Å². The van der Waals surface area contributed by atoms with E-state index >= 15 is 0 Å². The number of ketones is 1. The van der Waals surface area contributed by atoms with Crippen LogP contribution in [-0.2, 0) is 9.59 Å². The summed E-state index contributed by atoms with van der Waals surface area (Å²) < 4.78 is 5.79. The van der Waals surface area contributed by atoms with E-state index in [1.165, 1.54) is 12.0 Å². The van der Waals surface area contributed by atoms with Crippen LogP contribution in [0.1, 0.15) is 89.5 Å². The predicted octanol–water partition coefficient (Wildman–Crippen LogP) is 5.60. The van der Waals surface area contributed by atoms with Gasteiger partial charge in [0.1, 0.15) is 11.5 Å². The summed E-state index contributed by atoms with van der Waals surface area (Å²) in [5, 5.41) is 19.9. The maximum Gasteiger partial charge on any atom is 0.303 e. The van der Waals surface area contributed by atoms with Crippen LogP contribution in [0.15, 0.2) is 24.3 Å². The molecule has 0 unspecified atom stereocenters. The minimum Gasteiger partial charge on any atom is -0.494 e. The summed E-state index contributed by atoms with van der Waals surface area (Å²) in [6, 6.07) is 8.44. The number of fused-ring (bicyclic) bond motifs is 5. The Kier molecular flexibility index (Phi) is 6.29. The van der Waals surface area contributed by atoms with E-state index < -0.39 is 5.97 Å². The molecule has 0 radical (unpaired) electrons. The quantitative estimate of drug-likeness (QED) is 0.531. The molecule has 4 aliphatic rings. The zero-order valence-electron chi connectivity index (χ0n) is 20.7. The highest BCUT2D eigenvalue weighted by Gasteiger charge is 2.63. The van der Waals surface area contributed by atoms with Crippen molar-refractivity contribution in [2.24, 2.45) is 34.5 Å². The van der Waals surface area contributed by atoms with E-state index in [0.29, 0.717) is 48.4 Å². The molecule has 0 spiro atoms. The third kappa shape index (κ3) is 3.98. The van der Waals surface area contributed by atoms with Crippen molar-refractivity contribution in [2.75, 3.05) is 6.61 Å². The number of carboxylic acids is 1. The van der Waals surface area contributed by atoms with Crippen molar-refractivity contribution < 1.29 is 24.5 Å². The molecule has 0 bridgehead atoms. The molecular weight excluding hydrogens is 428 g/mol. The van der Waals surface area contributed by atoms with Crippen LogP contribution in [0.25, 0.3) is 0 Å². The summed E-state index contributed by atoms with van der Waals surface area (Å²) in [7, 11) is 0. The molecule has 0 saturated heterocycles. The van der Waals surface area contributed by atoms with E-state index in [1.54, 1.807) is 0 Å². The smallest absolute Gasteiger partial charge is 0.303 e. The average Bonchev–Trinajstić information content (AvgIpc) is 3.11. The van der Waals surface area contributed by atoms with Gasteiger partial charge in [-0.2, -0.15) is 0 Å². The van der Waals surface area contributed by atoms with Crippen LogP contribution >= 0.6 is 0 Å². The van der Waals surface area contributed by atoms with E-state index in [9.17, 15) is 14.7 Å². The van der Waals surface area contributed by atoms with Crippen molar-refractivity contribution in [1.82, 2.24) is 0 Å². The van der Waals surface area contributed by atoms with Gasteiger partial charge in [-0.25, -0.2) is 0 Å². The third-order valence-corrected chi connectivity index (χ3v) is 10.5. The molecule has 0 heterocycles. The van der Waals surface area contributed by atoms with E-state index in [4.69, 9.17) is 9.84 Å². The largest absolute Gasteiger partial charge is 0.494 e. The summed E-state index contributed by atoms with van der Waals surface area (Å²) in [4.78, 5) is 23.1. The van der Waals surface area contributed by atoms with Crippen molar-refractivity contribution in [3.8, 4) is 5.75 Å². The van der Waals surface area contributed by atoms with Crippen LogP contribution in [0.2, 0.25) is 0 Å². The number of Topliss-reactive ketones (excluding diaryl/α,β-unsaturated/α-hetero) is 1. The highest BCUT2D eigenvalue weighted by molar-refractivity contribution is 5.79. The molecule has 186 valence electrons. The minimum atomic E-state index is -0.796. The highest BCUT2D eigenvalue weighted by Crippen LogP contribution is 2.69. The Morgan fingerprint density at radius 2 is 1.85 bits per heavy atom. The summed E-state index contributed by atoms with van der Waals surface area (Å²) >= 11 is 0. The summed E-state index contributed by atoms with van der Waals surface area (Å²) in [5.41, 5.74) is 1.47. The van der Waals surface area contributed by atoms with Gasteiger partial charge in [-0.15, -0.1) is 0 Å². The van der Waals surface area contributed by atoms with Crippen molar-refractivity contribution in [1.29, 1.82) is 0 Å². The Hall–Kier alpha value is -1.88. The lowest BCUT2D eigenvalue weighted by Crippen LogP contribution is -2.56. The van der Waals surface area contributed by atoms with Crippen molar-refractivity contribution in [3.63, 3.8) is 0 Å². The SMILES string of the molecule is C[C@]12CCC(=O)C[C@@H]1CC[C@@H]1[C@@H]2[C@@H](c2ccc(OCCCC(=O)O)cc2)C[C@]2(C)[C@@H](O)CC[C@@H]12. The number of hydrogen-bond acceptors (Lipinski definition) is 4. The van der Waals surface area contributed by atoms with E-state index in [-0.39, 0.29) is 23.4 Å². The Bertz CT molecular complexity index is 925. The minimum absolute atomic E-state index is 0.0362. The number of carboxylic acid groups (broad SMARTS) is 1. The zero-order valence-corrected chi connectivity index (χ0v) is 20.7. The lowest BCUT2D eigenvalue weighted by molar-refractivity contribution is -0.147. The molecule has 5 heteroatoms. The molecule has 5 rings (SSSR count). The molecule has 34 heavy (non-hydrogen) atoms. The van der Waals surface area contributed by atoms with E-state index in [0.717, 1.165) is 50.7 Å². The fraction of sp³-hybridized carbons (Fsp3) is 0.724. The van der Waals surface area contributed by atoms with Crippen LogP contribution in [0, 0.1) is 34.5 Å². The van der Waals surface area contributed by atoms with Gasteiger partial charge < -0.3 is 14.9 Å². The van der Waals surface area contributed by atoms with Crippen molar-refractivity contribution in [3.05, 3.63) is 29.8 Å². The van der Waals surface area contributed by atoms with Crippen LogP contribution in [0.5, 0.6) is 5.75 Å². The average molecular weight is 469 g/mol. The normalized spacial score (nSPS) is 41.3. The monoisotopic (exact) mass is 468 g/mol. The first-order valence-electron chi connectivity index (χ1n) is 13.4. The lowest BCUT2D eigenvalue weighted by Gasteiger charge is -2.62. The summed E-state index contributed by atoms with van der Waals surface area (Å²) in [6.07, 6.45) is 8.27. The second kappa shape index (κ2) is 8.96. The van der Waals surface area contributed by atoms with Crippen molar-refractivity contribution in [2.45, 2.75) is 90.1 Å². The molecule has 4 fully saturated rings. The van der Waals surface area contributed by atoms with Crippen molar-refractivity contribution >= 4 is 11.8 Å². The van der Waals surface area contributed by atoms with Gasteiger partial charge in [0, 0.05) is 19.3 Å². The number of aliphatic hydroxyl groups excluding tert-OH is 1. The molecule has 8 atom stereocenters. The van der Waals surface area contributed by atoms with Crippen LogP contribution in [-0.4, -0.2) is 34.7 Å². The van der Waals surface area contributed by atoms with Gasteiger partial charge in [0.25, 0.3) is 0 Å². The van der Waals surface area contributed by atoms with Gasteiger partial charge in [-0.1, -0.05) is 26.0 Å². The Morgan fingerprint density at radius 3 is 2.59 bits per heavy atom. The number of ether oxygens (including phenoxy) is 1. The van der Waals surface area contributed by atoms with Gasteiger partial charge in [0.05, 0.1) is 12.7 Å². The first-order chi connectivity index (χ1) is 16.2. The fourth-order valence-corrected chi connectivity index (χ4v) is 8.75. The first kappa shape index (κ1) is 23.8. The Balaban J connectivity index is 1.43. The Morgan fingerprint density at radius 1 is 1.09 bits per heavy atom. The van der Waals surface area contributed by atoms with Gasteiger partial charge in [-0.3, -0.25) is 9.59 Å². The molecule has 4 aliphatic carbocycles. The molecule has 0 amide bonds. The Labute approximate surface area is 203 Å². The van der Waals surface area contributed by atoms with Crippen LogP contribution in [0.4, 0.5) is 0 Å². The van der Waals surface area contributed by atoms with Crippen LogP contribution in [0.3, 0.4) is 0 Å². The molecule has 0 aromatic heterocycles. The molecule has 4 saturated carbocycles. The molecule has 0 aliphatic heterocycles. The summed E-state index contributed by atoms with van der Waals surface area (Å²) in [5.74, 6) is 3.03. The third-order valence-electron chi connectivity index (χ3n) is 10.5. The number of hydrogen-bond donors (Lipinski definition) is 2. The molecule has 5 nitrogen and oxygen atoms in total. The maximum absolute atomic E-state index is 12.4. The first-order valence-corrected chi connectivity index (χ1v) is 13.4. The van der Waals surface area contributed by atoms with Gasteiger partial charge in [0.2, 0.25) is 0 Å². The lowest BCUT2D eigenvalue weighted by atomic mass is 9.42. The highest BCUT2D eigenvalue weighted by atomic mass is 16.5. The number of benzene rings is 1. The molecule has 1 aromatic carbocycles. The van der Waals surface area contributed by atoms with E-state index in [1.807, 2.05) is 12.1 Å². The van der Waals surface area contributed by atoms with Gasteiger partial charge in [0.15, 0.2) is 0 Å². The molecular formula is C29H40O5. The standard InChI is InChI=1S/C29H40O5/c1-28-14-13-20(30)16-19(28)7-10-22-24-11-12-25(31)29(24,2)17-23(27(22)28)18-5-8-21(9-6-18)34-15-3-4-26(32)33/h5-6,8-9,19,22-25,27,31H,3-4,7,10-17H2,1-2H3,(H,32,33)/t19-,22-,23+,24-,25-,27+,28-,29-/m0/s1. The summed E-state index contributed by atoms with van der Waals surface area (Å²) in [6.45, 7) is 5.21.